The lowest BCUT2D eigenvalue weighted by atomic mass is 10.4. The summed E-state index contributed by atoms with van der Waals surface area (Å²) in [6.45, 7) is 1.60. The standard InChI is InChI=1S/C12H10N4O3S/c1-7-4-9(15-19-7)14-10(17)5-16-6-13-8-2-3-20-11(8)12(16)18/h2-4,6H,5H2,1H3,(H,14,15,17). The molecule has 8 heteroatoms. The molecule has 0 spiro atoms. The molecule has 0 aromatic carbocycles. The van der Waals surface area contributed by atoms with Gasteiger partial charge in [0.1, 0.15) is 17.0 Å². The van der Waals surface area contributed by atoms with Crippen molar-refractivity contribution in [2.45, 2.75) is 13.5 Å². The van der Waals surface area contributed by atoms with Gasteiger partial charge in [0, 0.05) is 6.07 Å². The third-order valence-corrected chi connectivity index (χ3v) is 3.54. The number of thiophene rings is 1. The predicted octanol–water partition coefficient (Wildman–Crippen LogP) is 1.39. The third kappa shape index (κ3) is 2.32. The van der Waals surface area contributed by atoms with E-state index >= 15 is 0 Å². The fourth-order valence-electron chi connectivity index (χ4n) is 1.75. The van der Waals surface area contributed by atoms with Crippen molar-refractivity contribution in [1.29, 1.82) is 0 Å². The molecule has 7 nitrogen and oxygen atoms in total. The average molecular weight is 290 g/mol. The Kier molecular flexibility index (Phi) is 3.07. The van der Waals surface area contributed by atoms with Crippen LogP contribution in [0.2, 0.25) is 0 Å². The number of nitrogens with one attached hydrogen (secondary N) is 1. The van der Waals surface area contributed by atoms with Crippen LogP contribution in [-0.2, 0) is 11.3 Å². The van der Waals surface area contributed by atoms with E-state index in [-0.39, 0.29) is 18.0 Å². The smallest absolute Gasteiger partial charge is 0.271 e. The number of carbonyl (C=O) groups excluding carboxylic acids is 1. The van der Waals surface area contributed by atoms with E-state index in [1.54, 1.807) is 24.4 Å². The van der Waals surface area contributed by atoms with Crippen molar-refractivity contribution in [1.82, 2.24) is 14.7 Å². The Morgan fingerprint density at radius 1 is 1.55 bits per heavy atom. The van der Waals surface area contributed by atoms with Crippen molar-refractivity contribution >= 4 is 33.3 Å². The predicted molar refractivity (Wildman–Crippen MR) is 73.7 cm³/mol. The Balaban J connectivity index is 1.80. The highest BCUT2D eigenvalue weighted by Gasteiger charge is 2.10. The van der Waals surface area contributed by atoms with Crippen LogP contribution < -0.4 is 10.9 Å². The van der Waals surface area contributed by atoms with Crippen LogP contribution in [0.3, 0.4) is 0 Å². The molecule has 3 heterocycles. The fraction of sp³-hybridized carbons (Fsp3) is 0.167. The summed E-state index contributed by atoms with van der Waals surface area (Å²) in [7, 11) is 0. The minimum atomic E-state index is -0.363. The van der Waals surface area contributed by atoms with E-state index in [2.05, 4.69) is 15.5 Å². The number of fused-ring (bicyclic) bond motifs is 1. The molecule has 20 heavy (non-hydrogen) atoms. The minimum absolute atomic E-state index is 0.119. The van der Waals surface area contributed by atoms with Crippen LogP contribution in [0.15, 0.2) is 33.2 Å². The van der Waals surface area contributed by atoms with Crippen LogP contribution in [0, 0.1) is 6.92 Å². The first-order chi connectivity index (χ1) is 9.63. The zero-order valence-electron chi connectivity index (χ0n) is 10.5. The lowest BCUT2D eigenvalue weighted by molar-refractivity contribution is -0.116. The van der Waals surface area contributed by atoms with E-state index in [0.29, 0.717) is 21.8 Å². The maximum absolute atomic E-state index is 12.1. The van der Waals surface area contributed by atoms with Gasteiger partial charge in [0.25, 0.3) is 5.56 Å². The van der Waals surface area contributed by atoms with Gasteiger partial charge in [-0.3, -0.25) is 14.2 Å². The molecule has 0 saturated carbocycles. The number of amides is 1. The van der Waals surface area contributed by atoms with Gasteiger partial charge in [-0.05, 0) is 18.4 Å². The van der Waals surface area contributed by atoms with Gasteiger partial charge in [0.05, 0.1) is 11.8 Å². The van der Waals surface area contributed by atoms with Crippen LogP contribution >= 0.6 is 11.3 Å². The highest BCUT2D eigenvalue weighted by atomic mass is 32.1. The maximum atomic E-state index is 12.1. The zero-order valence-corrected chi connectivity index (χ0v) is 11.3. The van der Waals surface area contributed by atoms with E-state index in [9.17, 15) is 9.59 Å². The molecule has 0 bridgehead atoms. The normalized spacial score (nSPS) is 10.8. The van der Waals surface area contributed by atoms with Gasteiger partial charge >= 0.3 is 0 Å². The summed E-state index contributed by atoms with van der Waals surface area (Å²) in [5.74, 6) is 0.558. The fourth-order valence-corrected chi connectivity index (χ4v) is 2.55. The highest BCUT2D eigenvalue weighted by molar-refractivity contribution is 7.17. The number of carbonyl (C=O) groups is 1. The van der Waals surface area contributed by atoms with Crippen molar-refractivity contribution in [2.75, 3.05) is 5.32 Å². The van der Waals surface area contributed by atoms with Crippen LogP contribution in [0.1, 0.15) is 5.76 Å². The first-order valence-corrected chi connectivity index (χ1v) is 6.67. The van der Waals surface area contributed by atoms with E-state index in [0.717, 1.165) is 0 Å². The molecular formula is C12H10N4O3S. The maximum Gasteiger partial charge on any atom is 0.271 e. The molecule has 3 rings (SSSR count). The molecule has 0 unspecified atom stereocenters. The second-order valence-corrected chi connectivity index (χ2v) is 5.10. The molecule has 0 radical (unpaired) electrons. The van der Waals surface area contributed by atoms with Crippen LogP contribution in [0.5, 0.6) is 0 Å². The van der Waals surface area contributed by atoms with Crippen molar-refractivity contribution in [3.05, 3.63) is 40.0 Å². The molecule has 0 atom stereocenters. The Morgan fingerprint density at radius 2 is 2.40 bits per heavy atom. The van der Waals surface area contributed by atoms with Crippen molar-refractivity contribution < 1.29 is 9.32 Å². The van der Waals surface area contributed by atoms with Crippen LogP contribution in [-0.4, -0.2) is 20.6 Å². The summed E-state index contributed by atoms with van der Waals surface area (Å²) < 4.78 is 6.65. The molecule has 3 aromatic rings. The monoisotopic (exact) mass is 290 g/mol. The number of rotatable bonds is 3. The zero-order chi connectivity index (χ0) is 14.1. The van der Waals surface area contributed by atoms with Gasteiger partial charge in [-0.1, -0.05) is 5.16 Å². The summed E-state index contributed by atoms with van der Waals surface area (Å²) >= 11 is 1.31. The molecule has 1 amide bonds. The Morgan fingerprint density at radius 3 is 3.15 bits per heavy atom. The van der Waals surface area contributed by atoms with Gasteiger partial charge in [0.15, 0.2) is 5.82 Å². The van der Waals surface area contributed by atoms with Gasteiger partial charge < -0.3 is 9.84 Å². The second kappa shape index (κ2) is 4.89. The van der Waals surface area contributed by atoms with Gasteiger partial charge in [-0.15, -0.1) is 11.3 Å². The minimum Gasteiger partial charge on any atom is -0.360 e. The lowest BCUT2D eigenvalue weighted by Crippen LogP contribution is -2.27. The van der Waals surface area contributed by atoms with Crippen LogP contribution in [0.25, 0.3) is 10.2 Å². The van der Waals surface area contributed by atoms with E-state index < -0.39 is 0 Å². The number of hydrogen-bond donors (Lipinski definition) is 1. The number of aryl methyl sites for hydroxylation is 1. The molecule has 0 fully saturated rings. The van der Waals surface area contributed by atoms with E-state index in [1.807, 2.05) is 0 Å². The Bertz CT molecular complexity index is 832. The van der Waals surface area contributed by atoms with Crippen molar-refractivity contribution in [3.63, 3.8) is 0 Å². The first-order valence-electron chi connectivity index (χ1n) is 5.79. The molecule has 0 saturated heterocycles. The van der Waals surface area contributed by atoms with Gasteiger partial charge in [-0.2, -0.15) is 0 Å². The molecule has 0 aliphatic rings. The highest BCUT2D eigenvalue weighted by Crippen LogP contribution is 2.13. The molecule has 3 aromatic heterocycles. The van der Waals surface area contributed by atoms with Crippen molar-refractivity contribution in [2.24, 2.45) is 0 Å². The number of hydrogen-bond acceptors (Lipinski definition) is 6. The molecule has 1 N–H and O–H groups in total. The molecule has 102 valence electrons. The number of nitrogens with zero attached hydrogens (tertiary/aromatic N) is 3. The van der Waals surface area contributed by atoms with E-state index in [4.69, 9.17) is 4.52 Å². The van der Waals surface area contributed by atoms with Gasteiger partial charge in [0.2, 0.25) is 5.91 Å². The quantitative estimate of drug-likeness (QED) is 0.787. The third-order valence-electron chi connectivity index (χ3n) is 2.65. The lowest BCUT2D eigenvalue weighted by Gasteiger charge is -2.04. The van der Waals surface area contributed by atoms with Crippen LogP contribution in [0.4, 0.5) is 5.82 Å². The van der Waals surface area contributed by atoms with E-state index in [1.165, 1.54) is 22.2 Å². The first kappa shape index (κ1) is 12.5. The summed E-state index contributed by atoms with van der Waals surface area (Å²) in [5.41, 5.74) is 0.417. The Labute approximate surface area is 116 Å². The summed E-state index contributed by atoms with van der Waals surface area (Å²) in [5, 5.41) is 8.00. The Hall–Kier alpha value is -2.48. The molecular weight excluding hydrogens is 280 g/mol. The SMILES string of the molecule is Cc1cc(NC(=O)Cn2cnc3ccsc3c2=O)no1. The number of anilines is 1. The molecule has 0 aliphatic carbocycles. The topological polar surface area (TPSA) is 90.0 Å². The molecule has 0 aliphatic heterocycles. The number of aromatic nitrogens is 3. The summed E-state index contributed by atoms with van der Waals surface area (Å²) in [6, 6.07) is 3.37. The largest absolute Gasteiger partial charge is 0.360 e. The average Bonchev–Trinajstić information content (AvgIpc) is 3.02. The summed E-state index contributed by atoms with van der Waals surface area (Å²) in [4.78, 5) is 28.1. The second-order valence-electron chi connectivity index (χ2n) is 4.18. The van der Waals surface area contributed by atoms with Gasteiger partial charge in [-0.25, -0.2) is 4.98 Å². The summed E-state index contributed by atoms with van der Waals surface area (Å²) in [6.07, 6.45) is 1.37. The van der Waals surface area contributed by atoms with Crippen molar-refractivity contribution in [3.8, 4) is 0 Å².